The lowest BCUT2D eigenvalue weighted by Gasteiger charge is -2.38. The van der Waals surface area contributed by atoms with Crippen molar-refractivity contribution < 1.29 is 23.1 Å². The number of carbonyl (C=O) groups is 1. The van der Waals surface area contributed by atoms with E-state index in [2.05, 4.69) is 0 Å². The largest absolute Gasteiger partial charge is 0.469 e. The van der Waals surface area contributed by atoms with Crippen LogP contribution in [0.3, 0.4) is 0 Å². The van der Waals surface area contributed by atoms with Gasteiger partial charge in [-0.2, -0.15) is 4.31 Å². The van der Waals surface area contributed by atoms with Crippen LogP contribution in [0.25, 0.3) is 0 Å². The minimum absolute atomic E-state index is 0.0815. The number of hydrogen-bond acceptors (Lipinski definition) is 6. The van der Waals surface area contributed by atoms with E-state index < -0.39 is 15.4 Å². The molecule has 0 bridgehead atoms. The molecule has 0 spiro atoms. The number of ether oxygens (including phenoxy) is 1. The molecule has 2 fully saturated rings. The van der Waals surface area contributed by atoms with E-state index in [0.717, 1.165) is 19.3 Å². The number of esters is 1. The van der Waals surface area contributed by atoms with Crippen LogP contribution in [-0.2, 0) is 19.6 Å². The van der Waals surface area contributed by atoms with Crippen LogP contribution in [-0.4, -0.2) is 80.9 Å². The zero-order valence-corrected chi connectivity index (χ0v) is 14.7. The van der Waals surface area contributed by atoms with Gasteiger partial charge in [0.05, 0.1) is 24.9 Å². The highest BCUT2D eigenvalue weighted by Crippen LogP contribution is 2.39. The van der Waals surface area contributed by atoms with Crippen molar-refractivity contribution in [1.82, 2.24) is 9.21 Å². The summed E-state index contributed by atoms with van der Waals surface area (Å²) in [4.78, 5) is 14.3. The summed E-state index contributed by atoms with van der Waals surface area (Å²) < 4.78 is 32.0. The number of rotatable bonds is 6. The van der Waals surface area contributed by atoms with Crippen molar-refractivity contribution in [2.75, 3.05) is 52.2 Å². The summed E-state index contributed by atoms with van der Waals surface area (Å²) >= 11 is 0. The van der Waals surface area contributed by atoms with Crippen molar-refractivity contribution >= 4 is 16.0 Å². The van der Waals surface area contributed by atoms with E-state index in [4.69, 9.17) is 9.84 Å². The molecule has 0 radical (unpaired) electrons. The molecule has 0 amide bonds. The summed E-state index contributed by atoms with van der Waals surface area (Å²) in [5, 5.41) is 8.96. The SMILES string of the molecule is COC(=O)C1(CS(=O)(=O)N2CCN(CCO)CC2)CCCCC1. The average Bonchev–Trinajstić information content (AvgIpc) is 2.55. The molecule has 1 aliphatic carbocycles. The molecule has 0 unspecified atom stereocenters. The molecule has 1 saturated carbocycles. The van der Waals surface area contributed by atoms with Crippen LogP contribution in [0.5, 0.6) is 0 Å². The van der Waals surface area contributed by atoms with E-state index in [-0.39, 0.29) is 18.3 Å². The van der Waals surface area contributed by atoms with Gasteiger partial charge in [0.2, 0.25) is 10.0 Å². The third-order valence-electron chi connectivity index (χ3n) is 5.03. The Kier molecular flexibility index (Phi) is 6.41. The zero-order valence-electron chi connectivity index (χ0n) is 13.9. The first-order chi connectivity index (χ1) is 10.9. The number of aliphatic hydroxyl groups excluding tert-OH is 1. The maximum absolute atomic E-state index is 12.8. The first kappa shape index (κ1) is 18.6. The second-order valence-corrected chi connectivity index (χ2v) is 8.52. The Bertz CT molecular complexity index is 494. The molecule has 1 aliphatic heterocycles. The maximum atomic E-state index is 12.8. The molecular weight excluding hydrogens is 320 g/mol. The summed E-state index contributed by atoms with van der Waals surface area (Å²) in [6.07, 6.45) is 3.95. The molecule has 2 rings (SSSR count). The summed E-state index contributed by atoms with van der Waals surface area (Å²) in [6, 6.07) is 0. The van der Waals surface area contributed by atoms with Crippen molar-refractivity contribution in [3.8, 4) is 0 Å². The Balaban J connectivity index is 2.05. The number of carbonyl (C=O) groups excluding carboxylic acids is 1. The van der Waals surface area contributed by atoms with Gasteiger partial charge in [-0.15, -0.1) is 0 Å². The monoisotopic (exact) mass is 348 g/mol. The van der Waals surface area contributed by atoms with E-state index in [9.17, 15) is 13.2 Å². The Morgan fingerprint density at radius 3 is 2.26 bits per heavy atom. The second kappa shape index (κ2) is 7.92. The number of β-amino-alcohol motifs (C(OH)–C–C–N with tert-alkyl or cyclic N) is 1. The highest BCUT2D eigenvalue weighted by atomic mass is 32.2. The van der Waals surface area contributed by atoms with Crippen molar-refractivity contribution in [2.24, 2.45) is 5.41 Å². The van der Waals surface area contributed by atoms with E-state index >= 15 is 0 Å². The van der Waals surface area contributed by atoms with Gasteiger partial charge in [0.1, 0.15) is 0 Å². The summed E-state index contributed by atoms with van der Waals surface area (Å²) in [6.45, 7) is 2.72. The van der Waals surface area contributed by atoms with E-state index in [1.54, 1.807) is 0 Å². The molecule has 7 nitrogen and oxygen atoms in total. The van der Waals surface area contributed by atoms with Crippen molar-refractivity contribution in [1.29, 1.82) is 0 Å². The van der Waals surface area contributed by atoms with Gasteiger partial charge in [-0.05, 0) is 12.8 Å². The fourth-order valence-corrected chi connectivity index (χ4v) is 5.67. The summed E-state index contributed by atoms with van der Waals surface area (Å²) in [5.41, 5.74) is -0.881. The number of sulfonamides is 1. The highest BCUT2D eigenvalue weighted by molar-refractivity contribution is 7.89. The predicted octanol–water partition coefficient (Wildman–Crippen LogP) is 0.0496. The topological polar surface area (TPSA) is 87.2 Å². The predicted molar refractivity (Wildman–Crippen MR) is 86.4 cm³/mol. The molecule has 8 heteroatoms. The fourth-order valence-electron chi connectivity index (χ4n) is 3.67. The molecule has 134 valence electrons. The van der Waals surface area contributed by atoms with Crippen LogP contribution in [0.15, 0.2) is 0 Å². The Labute approximate surface area is 138 Å². The standard InChI is InChI=1S/C15H28N2O5S/c1-22-14(19)15(5-3-2-4-6-15)13-23(20,21)17-9-7-16(8-10-17)11-12-18/h18H,2-13H2,1H3. The van der Waals surface area contributed by atoms with Crippen molar-refractivity contribution in [3.05, 3.63) is 0 Å². The third-order valence-corrected chi connectivity index (χ3v) is 7.10. The van der Waals surface area contributed by atoms with Crippen LogP contribution in [0.2, 0.25) is 0 Å². The van der Waals surface area contributed by atoms with Crippen LogP contribution < -0.4 is 0 Å². The Hall–Kier alpha value is -0.700. The minimum atomic E-state index is -3.49. The molecule has 1 N–H and O–H groups in total. The third kappa shape index (κ3) is 4.43. The van der Waals surface area contributed by atoms with Gasteiger partial charge in [0.25, 0.3) is 0 Å². The first-order valence-electron chi connectivity index (χ1n) is 8.33. The van der Waals surface area contributed by atoms with E-state index in [0.29, 0.717) is 45.6 Å². The molecule has 1 heterocycles. The van der Waals surface area contributed by atoms with Crippen molar-refractivity contribution in [3.63, 3.8) is 0 Å². The van der Waals surface area contributed by atoms with E-state index in [1.165, 1.54) is 11.4 Å². The van der Waals surface area contributed by atoms with Crippen LogP contribution in [0.1, 0.15) is 32.1 Å². The van der Waals surface area contributed by atoms with Crippen LogP contribution >= 0.6 is 0 Å². The summed E-state index contributed by atoms with van der Waals surface area (Å²) in [7, 11) is -2.16. The number of methoxy groups -OCH3 is 1. The number of aliphatic hydroxyl groups is 1. The minimum Gasteiger partial charge on any atom is -0.469 e. The Morgan fingerprint density at radius 2 is 1.74 bits per heavy atom. The lowest BCUT2D eigenvalue weighted by atomic mass is 9.75. The van der Waals surface area contributed by atoms with E-state index in [1.807, 2.05) is 4.90 Å². The zero-order chi connectivity index (χ0) is 16.9. The molecular formula is C15H28N2O5S. The van der Waals surface area contributed by atoms with Gasteiger partial charge < -0.3 is 9.84 Å². The van der Waals surface area contributed by atoms with Crippen LogP contribution in [0, 0.1) is 5.41 Å². The van der Waals surface area contributed by atoms with Gasteiger partial charge in [-0.3, -0.25) is 9.69 Å². The Morgan fingerprint density at radius 1 is 1.13 bits per heavy atom. The lowest BCUT2D eigenvalue weighted by molar-refractivity contribution is -0.153. The number of hydrogen-bond donors (Lipinski definition) is 1. The maximum Gasteiger partial charge on any atom is 0.312 e. The second-order valence-electron chi connectivity index (χ2n) is 6.55. The molecule has 1 saturated heterocycles. The average molecular weight is 348 g/mol. The molecule has 23 heavy (non-hydrogen) atoms. The number of nitrogens with zero attached hydrogens (tertiary/aromatic N) is 2. The molecule has 0 aromatic carbocycles. The quantitative estimate of drug-likeness (QED) is 0.683. The van der Waals surface area contributed by atoms with Gasteiger partial charge in [-0.25, -0.2) is 8.42 Å². The summed E-state index contributed by atoms with van der Waals surface area (Å²) in [5.74, 6) is -0.535. The molecule has 0 aromatic heterocycles. The first-order valence-corrected chi connectivity index (χ1v) is 9.94. The van der Waals surface area contributed by atoms with Gasteiger partial charge in [0, 0.05) is 32.7 Å². The van der Waals surface area contributed by atoms with Gasteiger partial charge >= 0.3 is 5.97 Å². The molecule has 0 atom stereocenters. The fraction of sp³-hybridized carbons (Fsp3) is 0.933. The van der Waals surface area contributed by atoms with Gasteiger partial charge in [0.15, 0.2) is 0 Å². The highest BCUT2D eigenvalue weighted by Gasteiger charge is 2.46. The van der Waals surface area contributed by atoms with Crippen LogP contribution in [0.4, 0.5) is 0 Å². The smallest absolute Gasteiger partial charge is 0.312 e. The number of piperazine rings is 1. The van der Waals surface area contributed by atoms with Gasteiger partial charge in [-0.1, -0.05) is 19.3 Å². The van der Waals surface area contributed by atoms with Crippen molar-refractivity contribution in [2.45, 2.75) is 32.1 Å². The normalized spacial score (nSPS) is 23.6. The molecule has 0 aromatic rings. The lowest BCUT2D eigenvalue weighted by Crippen LogP contribution is -2.52. The molecule has 2 aliphatic rings.